The minimum atomic E-state index is -0.108. The molecule has 0 aliphatic carbocycles. The smallest absolute Gasteiger partial charge is 0.240 e. The average Bonchev–Trinajstić information content (AvgIpc) is 2.76. The zero-order chi connectivity index (χ0) is 22.3. The van der Waals surface area contributed by atoms with Gasteiger partial charge in [-0.3, -0.25) is 9.59 Å². The number of rotatable bonds is 12. The first kappa shape index (κ1) is 24.6. The highest BCUT2D eigenvalue weighted by Gasteiger charge is 2.01. The van der Waals surface area contributed by atoms with Crippen LogP contribution in [0.4, 0.5) is 0 Å². The van der Waals surface area contributed by atoms with Crippen LogP contribution < -0.4 is 10.9 Å². The van der Waals surface area contributed by atoms with Crippen LogP contribution in [0.15, 0.2) is 58.7 Å². The molecular formula is C23H26Cl2N4O2. The molecule has 164 valence electrons. The second-order valence-electron chi connectivity index (χ2n) is 6.96. The van der Waals surface area contributed by atoms with Gasteiger partial charge in [0.15, 0.2) is 0 Å². The first-order valence-electron chi connectivity index (χ1n) is 10.2. The maximum Gasteiger partial charge on any atom is 0.240 e. The van der Waals surface area contributed by atoms with E-state index < -0.39 is 0 Å². The van der Waals surface area contributed by atoms with E-state index in [4.69, 9.17) is 23.2 Å². The van der Waals surface area contributed by atoms with E-state index in [1.807, 2.05) is 24.3 Å². The third-order valence-corrected chi connectivity index (χ3v) is 4.86. The number of carbonyl (C=O) groups excluding carboxylic acids is 2. The van der Waals surface area contributed by atoms with Crippen LogP contribution in [0.25, 0.3) is 0 Å². The van der Waals surface area contributed by atoms with Gasteiger partial charge in [0.1, 0.15) is 0 Å². The van der Waals surface area contributed by atoms with Crippen LogP contribution in [-0.2, 0) is 9.59 Å². The van der Waals surface area contributed by atoms with Crippen LogP contribution in [0.5, 0.6) is 0 Å². The van der Waals surface area contributed by atoms with Crippen LogP contribution in [-0.4, -0.2) is 24.2 Å². The Morgan fingerprint density at radius 3 is 1.39 bits per heavy atom. The molecule has 2 aromatic rings. The van der Waals surface area contributed by atoms with Crippen molar-refractivity contribution >= 4 is 47.4 Å². The molecule has 0 saturated heterocycles. The van der Waals surface area contributed by atoms with Crippen LogP contribution >= 0.6 is 23.2 Å². The zero-order valence-electron chi connectivity index (χ0n) is 17.2. The van der Waals surface area contributed by atoms with Gasteiger partial charge in [-0.15, -0.1) is 0 Å². The zero-order valence-corrected chi connectivity index (χ0v) is 18.7. The number of carbonyl (C=O) groups is 2. The van der Waals surface area contributed by atoms with Crippen molar-refractivity contribution in [2.75, 3.05) is 0 Å². The lowest BCUT2D eigenvalue weighted by molar-refractivity contribution is -0.121. The monoisotopic (exact) mass is 460 g/mol. The highest BCUT2D eigenvalue weighted by atomic mass is 35.5. The van der Waals surface area contributed by atoms with Gasteiger partial charge in [-0.05, 0) is 48.2 Å². The van der Waals surface area contributed by atoms with E-state index in [2.05, 4.69) is 21.1 Å². The second-order valence-corrected chi connectivity index (χ2v) is 7.83. The number of hydrogen-bond donors (Lipinski definition) is 2. The molecule has 0 radical (unpaired) electrons. The number of unbranched alkanes of at least 4 members (excludes halogenated alkanes) is 4. The summed E-state index contributed by atoms with van der Waals surface area (Å²) in [6.07, 6.45) is 8.45. The van der Waals surface area contributed by atoms with Crippen LogP contribution in [0, 0.1) is 0 Å². The van der Waals surface area contributed by atoms with E-state index in [-0.39, 0.29) is 11.8 Å². The molecule has 8 heteroatoms. The Morgan fingerprint density at radius 2 is 1.00 bits per heavy atom. The number of benzene rings is 2. The predicted molar refractivity (Wildman–Crippen MR) is 127 cm³/mol. The average molecular weight is 461 g/mol. The van der Waals surface area contributed by atoms with Gasteiger partial charge in [0.05, 0.1) is 12.4 Å². The van der Waals surface area contributed by atoms with Gasteiger partial charge in [0, 0.05) is 22.9 Å². The molecule has 0 fully saturated rings. The van der Waals surface area contributed by atoms with Gasteiger partial charge < -0.3 is 0 Å². The number of nitrogens with one attached hydrogen (secondary N) is 2. The molecule has 0 saturated carbocycles. The van der Waals surface area contributed by atoms with Crippen molar-refractivity contribution < 1.29 is 9.59 Å². The largest absolute Gasteiger partial charge is 0.273 e. The summed E-state index contributed by atoms with van der Waals surface area (Å²) in [5.41, 5.74) is 6.77. The van der Waals surface area contributed by atoms with Gasteiger partial charge in [-0.1, -0.05) is 66.7 Å². The molecule has 0 bridgehead atoms. The number of hydrogen-bond acceptors (Lipinski definition) is 4. The second kappa shape index (κ2) is 14.3. The summed E-state index contributed by atoms with van der Waals surface area (Å²) in [5, 5.41) is 9.19. The van der Waals surface area contributed by atoms with E-state index in [0.717, 1.165) is 43.2 Å². The first-order valence-corrected chi connectivity index (χ1v) is 10.9. The fourth-order valence-electron chi connectivity index (χ4n) is 2.67. The molecule has 2 N–H and O–H groups in total. The Kier molecular flexibility index (Phi) is 11.4. The molecule has 0 unspecified atom stereocenters. The van der Waals surface area contributed by atoms with Gasteiger partial charge in [0.2, 0.25) is 11.8 Å². The lowest BCUT2D eigenvalue weighted by Crippen LogP contribution is -2.17. The fourth-order valence-corrected chi connectivity index (χ4v) is 2.92. The summed E-state index contributed by atoms with van der Waals surface area (Å²) in [6.45, 7) is 0. The van der Waals surface area contributed by atoms with E-state index in [1.54, 1.807) is 36.7 Å². The minimum absolute atomic E-state index is 0.108. The SMILES string of the molecule is O=C(CCCCCCCC(=O)NN=Cc1ccc(Cl)cc1)NN=Cc1ccc(Cl)cc1. The van der Waals surface area contributed by atoms with Crippen molar-refractivity contribution in [1.82, 2.24) is 10.9 Å². The van der Waals surface area contributed by atoms with Crippen molar-refractivity contribution in [2.24, 2.45) is 10.2 Å². The van der Waals surface area contributed by atoms with Crippen LogP contribution in [0.1, 0.15) is 56.1 Å². The predicted octanol–water partition coefficient (Wildman–Crippen LogP) is 5.32. The van der Waals surface area contributed by atoms with Crippen molar-refractivity contribution in [3.63, 3.8) is 0 Å². The topological polar surface area (TPSA) is 82.9 Å². The number of halogens is 2. The van der Waals surface area contributed by atoms with Crippen LogP contribution in [0.3, 0.4) is 0 Å². The molecule has 2 amide bonds. The highest BCUT2D eigenvalue weighted by molar-refractivity contribution is 6.30. The van der Waals surface area contributed by atoms with E-state index in [1.165, 1.54) is 0 Å². The van der Waals surface area contributed by atoms with Crippen molar-refractivity contribution in [3.8, 4) is 0 Å². The molecule has 2 aromatic carbocycles. The highest BCUT2D eigenvalue weighted by Crippen LogP contribution is 2.09. The summed E-state index contributed by atoms with van der Waals surface area (Å²) < 4.78 is 0. The maximum atomic E-state index is 11.8. The molecule has 0 aliphatic rings. The number of amides is 2. The van der Waals surface area contributed by atoms with Gasteiger partial charge in [-0.25, -0.2) is 10.9 Å². The standard InChI is InChI=1S/C23H26Cl2N4O2/c24-20-12-8-18(9-13-20)16-26-28-22(30)6-4-2-1-3-5-7-23(31)29-27-17-19-10-14-21(25)15-11-19/h8-17H,1-7H2,(H,28,30)(H,29,31). The van der Waals surface area contributed by atoms with Gasteiger partial charge in [0.25, 0.3) is 0 Å². The molecule has 0 aliphatic heterocycles. The van der Waals surface area contributed by atoms with Gasteiger partial charge in [-0.2, -0.15) is 10.2 Å². The molecule has 31 heavy (non-hydrogen) atoms. The summed E-state index contributed by atoms with van der Waals surface area (Å²) in [7, 11) is 0. The van der Waals surface area contributed by atoms with E-state index >= 15 is 0 Å². The third-order valence-electron chi connectivity index (χ3n) is 4.35. The molecule has 2 rings (SSSR count). The molecular weight excluding hydrogens is 435 g/mol. The normalized spacial score (nSPS) is 11.2. The number of nitrogens with zero attached hydrogens (tertiary/aromatic N) is 2. The quantitative estimate of drug-likeness (QED) is 0.255. The lowest BCUT2D eigenvalue weighted by atomic mass is 10.1. The molecule has 0 atom stereocenters. The van der Waals surface area contributed by atoms with Crippen LogP contribution in [0.2, 0.25) is 10.0 Å². The summed E-state index contributed by atoms with van der Waals surface area (Å²) in [4.78, 5) is 23.5. The van der Waals surface area contributed by atoms with Crippen molar-refractivity contribution in [2.45, 2.75) is 44.9 Å². The summed E-state index contributed by atoms with van der Waals surface area (Å²) in [6, 6.07) is 14.4. The third kappa shape index (κ3) is 11.3. The van der Waals surface area contributed by atoms with Crippen molar-refractivity contribution in [3.05, 3.63) is 69.7 Å². The Labute approximate surface area is 192 Å². The molecule has 0 heterocycles. The molecule has 6 nitrogen and oxygen atoms in total. The van der Waals surface area contributed by atoms with Gasteiger partial charge >= 0.3 is 0 Å². The fraction of sp³-hybridized carbons (Fsp3) is 0.304. The molecule has 0 aromatic heterocycles. The Bertz CT molecular complexity index is 808. The Balaban J connectivity index is 1.46. The van der Waals surface area contributed by atoms with E-state index in [0.29, 0.717) is 22.9 Å². The first-order chi connectivity index (χ1) is 15.0. The Hall–Kier alpha value is -2.70. The maximum absolute atomic E-state index is 11.8. The molecule has 0 spiro atoms. The number of hydrazone groups is 2. The minimum Gasteiger partial charge on any atom is -0.273 e. The van der Waals surface area contributed by atoms with E-state index in [9.17, 15) is 9.59 Å². The lowest BCUT2D eigenvalue weighted by Gasteiger charge is -2.02. The summed E-state index contributed by atoms with van der Waals surface area (Å²) in [5.74, 6) is -0.216. The van der Waals surface area contributed by atoms with Crippen molar-refractivity contribution in [1.29, 1.82) is 0 Å². The summed E-state index contributed by atoms with van der Waals surface area (Å²) >= 11 is 11.6. The Morgan fingerprint density at radius 1 is 0.645 bits per heavy atom.